The van der Waals surface area contributed by atoms with Crippen molar-refractivity contribution >= 4 is 55.1 Å². The summed E-state index contributed by atoms with van der Waals surface area (Å²) in [4.78, 5) is 36.0. The van der Waals surface area contributed by atoms with E-state index in [0.717, 1.165) is 84.4 Å². The number of carbonyl (C=O) groups excluding carboxylic acids is 3. The fourth-order valence-corrected chi connectivity index (χ4v) is 14.2. The van der Waals surface area contributed by atoms with Crippen LogP contribution < -0.4 is 0 Å². The van der Waals surface area contributed by atoms with Gasteiger partial charge in [0.1, 0.15) is 0 Å². The minimum absolute atomic E-state index is 0. The molecule has 17 unspecified atom stereocenters. The van der Waals surface area contributed by atoms with Gasteiger partial charge in [0.15, 0.2) is 0 Å². The molecule has 1 aliphatic heterocycles. The molecule has 0 radical (unpaired) electrons. The number of methoxy groups -OCH3 is 1. The van der Waals surface area contributed by atoms with E-state index in [9.17, 15) is 14.4 Å². The van der Waals surface area contributed by atoms with Gasteiger partial charge in [-0.3, -0.25) is 14.4 Å². The summed E-state index contributed by atoms with van der Waals surface area (Å²) in [7, 11) is 1.52. The Kier molecular flexibility index (Phi) is 23.1. The summed E-state index contributed by atoms with van der Waals surface area (Å²) >= 11 is 4.24. The summed E-state index contributed by atoms with van der Waals surface area (Å²) in [6.45, 7) is 27.8. The zero-order valence-corrected chi connectivity index (χ0v) is 41.2. The van der Waals surface area contributed by atoms with Crippen molar-refractivity contribution in [3.8, 4) is 0 Å². The third kappa shape index (κ3) is 11.1. The van der Waals surface area contributed by atoms with Crippen LogP contribution in [-0.2, 0) is 23.9 Å². The number of carbonyl (C=O) groups is 3. The first-order chi connectivity index (χ1) is 25.7. The average Bonchev–Trinajstić information content (AvgIpc) is 3.80. The second-order valence-electron chi connectivity index (χ2n) is 19.5. The Morgan fingerprint density at radius 2 is 1.46 bits per heavy atom. The molecule has 6 rings (SSSR count). The molecule has 0 bridgehead atoms. The second kappa shape index (κ2) is 23.9. The van der Waals surface area contributed by atoms with Crippen LogP contribution in [0.4, 0.5) is 0 Å². The molecule has 0 aromatic rings. The van der Waals surface area contributed by atoms with Crippen molar-refractivity contribution in [3.63, 3.8) is 0 Å². The molecule has 5 aliphatic carbocycles. The molecular weight excluding hydrogens is 922 g/mol. The molecule has 17 atom stereocenters. The topological polar surface area (TPSA) is 69.7 Å². The molecule has 56 heavy (non-hydrogen) atoms. The van der Waals surface area contributed by atoms with Gasteiger partial charge in [0, 0.05) is 43.7 Å². The van der Waals surface area contributed by atoms with Crippen LogP contribution in [-0.4, -0.2) is 25.0 Å². The van der Waals surface area contributed by atoms with Crippen molar-refractivity contribution in [3.05, 3.63) is 0 Å². The summed E-state index contributed by atoms with van der Waals surface area (Å²) in [6.07, 6.45) is 17.3. The molecule has 1 heterocycles. The maximum absolute atomic E-state index is 12.2. The van der Waals surface area contributed by atoms with E-state index in [2.05, 4.69) is 85.7 Å². The zero-order valence-electron chi connectivity index (χ0n) is 36.9. The lowest BCUT2D eigenvalue weighted by Crippen LogP contribution is -2.58. The minimum Gasteiger partial charge on any atom is -0.469 e. The van der Waals surface area contributed by atoms with Crippen molar-refractivity contribution < 1.29 is 23.9 Å². The maximum Gasteiger partial charge on any atom is 0.317 e. The van der Waals surface area contributed by atoms with Crippen molar-refractivity contribution in [2.45, 2.75) is 188 Å². The Bertz CT molecular complexity index is 1210. The quantitative estimate of drug-likeness (QED) is 0.124. The van der Waals surface area contributed by atoms with Crippen LogP contribution in [0.1, 0.15) is 188 Å². The van der Waals surface area contributed by atoms with E-state index >= 15 is 0 Å². The lowest BCUT2D eigenvalue weighted by Gasteiger charge is -2.65. The molecule has 5 saturated carbocycles. The Morgan fingerprint density at radius 1 is 0.821 bits per heavy atom. The molecule has 330 valence electrons. The van der Waals surface area contributed by atoms with E-state index < -0.39 is 0 Å². The summed E-state index contributed by atoms with van der Waals surface area (Å²) in [6, 6.07) is 0. The van der Waals surface area contributed by atoms with Gasteiger partial charge in [-0.1, -0.05) is 97.9 Å². The van der Waals surface area contributed by atoms with Crippen molar-refractivity contribution in [2.75, 3.05) is 7.11 Å². The maximum atomic E-state index is 12.2. The van der Waals surface area contributed by atoms with E-state index in [1.165, 1.54) is 71.3 Å². The predicted octanol–water partition coefficient (Wildman–Crippen LogP) is 15.2. The Hall–Kier alpha value is 0.0700. The van der Waals surface area contributed by atoms with Crippen LogP contribution in [0.15, 0.2) is 0 Å². The number of hydrogen-bond acceptors (Lipinski definition) is 5. The lowest BCUT2D eigenvalue weighted by molar-refractivity contribution is -0.164. The van der Waals surface area contributed by atoms with Crippen LogP contribution in [0, 0.1) is 99.6 Å². The highest BCUT2D eigenvalue weighted by Crippen LogP contribution is 2.71. The van der Waals surface area contributed by atoms with E-state index in [-0.39, 0.29) is 44.6 Å². The van der Waals surface area contributed by atoms with Crippen molar-refractivity contribution in [1.29, 1.82) is 0 Å². The molecule has 0 N–H and O–H groups in total. The lowest BCUT2D eigenvalue weighted by atomic mass is 9.40. The summed E-state index contributed by atoms with van der Waals surface area (Å²) < 4.78 is 9.91. The van der Waals surface area contributed by atoms with Gasteiger partial charge < -0.3 is 9.47 Å². The molecule has 0 amide bonds. The number of rotatable bonds is 10. The number of esters is 3. The average molecular weight is 1010 g/mol. The molecule has 6 aliphatic rings. The molecular formula is C49H90I2O5. The largest absolute Gasteiger partial charge is 0.469 e. The smallest absolute Gasteiger partial charge is 0.317 e. The Balaban J connectivity index is 0.00000187. The number of halogens is 2. The van der Waals surface area contributed by atoms with E-state index in [1.807, 2.05) is 34.6 Å². The van der Waals surface area contributed by atoms with Gasteiger partial charge >= 0.3 is 17.9 Å². The minimum atomic E-state index is -0.332. The van der Waals surface area contributed by atoms with Crippen LogP contribution in [0.5, 0.6) is 0 Å². The number of hydrogen-bond donors (Lipinski definition) is 0. The molecule has 7 heteroatoms. The first-order valence-electron chi connectivity index (χ1n) is 22.6. The first-order valence-corrected chi connectivity index (χ1v) is 28.9. The molecule has 6 fully saturated rings. The normalized spacial score (nSPS) is 41.7. The van der Waals surface area contributed by atoms with Crippen molar-refractivity contribution in [1.82, 2.24) is 0 Å². The van der Waals surface area contributed by atoms with Crippen LogP contribution >= 0.6 is 37.2 Å². The van der Waals surface area contributed by atoms with Gasteiger partial charge in [-0.15, -0.1) is 0 Å². The highest BCUT2D eigenvalue weighted by Gasteiger charge is 2.64. The SMILES string of the molecule is C.C.CC.CC.COC(=O)CCC(C)C1CCC2C3C(C)CC4CC(CC5CC(C(C)CCC6C(=O)OC(=O)C6C)CC5C)CCC4(C)C3CC(C)C12C.II. The molecule has 0 spiro atoms. The third-order valence-corrected chi connectivity index (χ3v) is 17.4. The fourth-order valence-electron chi connectivity index (χ4n) is 14.2. The monoisotopic (exact) mass is 1010 g/mol. The number of fused-ring (bicyclic) bond motifs is 5. The van der Waals surface area contributed by atoms with Gasteiger partial charge in [0.2, 0.25) is 0 Å². The van der Waals surface area contributed by atoms with E-state index in [0.29, 0.717) is 29.1 Å². The summed E-state index contributed by atoms with van der Waals surface area (Å²) in [5.41, 5.74) is 0.893. The first kappa shape index (κ1) is 54.1. The van der Waals surface area contributed by atoms with Gasteiger partial charge in [-0.05, 0) is 171 Å². The highest BCUT2D eigenvalue weighted by molar-refractivity contribution is 15.0. The predicted molar refractivity (Wildman–Crippen MR) is 255 cm³/mol. The Morgan fingerprint density at radius 3 is 2.05 bits per heavy atom. The van der Waals surface area contributed by atoms with Gasteiger partial charge in [-0.25, -0.2) is 0 Å². The van der Waals surface area contributed by atoms with E-state index in [1.54, 1.807) is 0 Å². The highest BCUT2D eigenvalue weighted by atomic mass is 128. The number of ether oxygens (including phenoxy) is 2. The van der Waals surface area contributed by atoms with Gasteiger partial charge in [0.05, 0.1) is 18.9 Å². The Labute approximate surface area is 371 Å². The van der Waals surface area contributed by atoms with Gasteiger partial charge in [0.25, 0.3) is 0 Å². The molecule has 0 aromatic carbocycles. The second-order valence-corrected chi connectivity index (χ2v) is 19.5. The van der Waals surface area contributed by atoms with E-state index in [4.69, 9.17) is 9.47 Å². The third-order valence-electron chi connectivity index (χ3n) is 17.4. The summed E-state index contributed by atoms with van der Waals surface area (Å²) in [5, 5.41) is 0. The molecule has 1 saturated heterocycles. The fraction of sp³-hybridized carbons (Fsp3) is 0.939. The van der Waals surface area contributed by atoms with Crippen molar-refractivity contribution in [2.24, 2.45) is 99.6 Å². The van der Waals surface area contributed by atoms with Crippen LogP contribution in [0.3, 0.4) is 0 Å². The van der Waals surface area contributed by atoms with Crippen LogP contribution in [0.2, 0.25) is 0 Å². The van der Waals surface area contributed by atoms with Gasteiger partial charge in [-0.2, -0.15) is 0 Å². The molecule has 5 nitrogen and oxygen atoms in total. The molecule has 0 aromatic heterocycles. The summed E-state index contributed by atoms with van der Waals surface area (Å²) in [5.74, 6) is 8.99. The van der Waals surface area contributed by atoms with Crippen LogP contribution in [0.25, 0.3) is 0 Å². The zero-order chi connectivity index (χ0) is 40.7. The standard InChI is InChI=1S/C43H70O5.2C2H6.2CH4.I2/c1-24(10-12-34-29(6)40(45)48-41(34)46)31-18-26(3)32(23-31)21-30-16-17-42(7)33(22-30)19-27(4)39-36-14-13-35(25(2)11-15-38(44)47-9)43(36,8)28(5)20-37(39)42;2*1-2;;;1-2/h24-37,39H,10-23H2,1-9H3;2*1-2H3;2*1H4;. The number of cyclic esters (lactones) is 2.